The molecule has 10 heteroatoms. The van der Waals surface area contributed by atoms with Gasteiger partial charge in [-0.15, -0.1) is 11.3 Å². The second-order valence-electron chi connectivity index (χ2n) is 9.04. The predicted octanol–water partition coefficient (Wildman–Crippen LogP) is 4.15. The van der Waals surface area contributed by atoms with Crippen molar-refractivity contribution < 1.29 is 19.1 Å². The van der Waals surface area contributed by atoms with E-state index < -0.39 is 5.60 Å². The highest BCUT2D eigenvalue weighted by Gasteiger charge is 2.28. The number of pyridine rings is 1. The summed E-state index contributed by atoms with van der Waals surface area (Å²) in [6, 6.07) is 12.1. The van der Waals surface area contributed by atoms with Crippen LogP contribution in [0.5, 0.6) is 0 Å². The number of piperazine rings is 1. The van der Waals surface area contributed by atoms with Crippen molar-refractivity contribution in [2.75, 3.05) is 31.5 Å². The molecule has 3 aromatic rings. The molecule has 1 N–H and O–H groups in total. The lowest BCUT2D eigenvalue weighted by Crippen LogP contribution is -2.51. The van der Waals surface area contributed by atoms with E-state index in [4.69, 9.17) is 4.74 Å². The van der Waals surface area contributed by atoms with Crippen LogP contribution in [0, 0.1) is 0 Å². The summed E-state index contributed by atoms with van der Waals surface area (Å²) in [5.74, 6) is -0.447. The number of nitrogens with zero attached hydrogens (tertiary/aromatic N) is 4. The number of carbonyl (C=O) groups excluding carboxylic acids is 3. The SMILES string of the molecule is CC(C)(C)OC(=O)N1CCN(C(=O)c2ccc(C(=O)Nc3nc(-c4ccccn4)cs3)cc2)CC1. The molecule has 1 aromatic carbocycles. The van der Waals surface area contributed by atoms with E-state index in [0.29, 0.717) is 48.1 Å². The smallest absolute Gasteiger partial charge is 0.410 e. The van der Waals surface area contributed by atoms with Gasteiger partial charge in [-0.1, -0.05) is 6.07 Å². The zero-order valence-electron chi connectivity index (χ0n) is 19.9. The number of thiazole rings is 1. The number of benzene rings is 1. The van der Waals surface area contributed by atoms with Gasteiger partial charge >= 0.3 is 6.09 Å². The predicted molar refractivity (Wildman–Crippen MR) is 133 cm³/mol. The number of ether oxygens (including phenoxy) is 1. The Morgan fingerprint density at radius 1 is 0.914 bits per heavy atom. The van der Waals surface area contributed by atoms with Gasteiger partial charge in [0.1, 0.15) is 11.3 Å². The lowest BCUT2D eigenvalue weighted by Gasteiger charge is -2.35. The largest absolute Gasteiger partial charge is 0.444 e. The normalized spacial score (nSPS) is 13.9. The van der Waals surface area contributed by atoms with Crippen LogP contribution < -0.4 is 5.32 Å². The number of aromatic nitrogens is 2. The Bertz CT molecular complexity index is 1200. The van der Waals surface area contributed by atoms with E-state index >= 15 is 0 Å². The number of carbonyl (C=O) groups is 3. The first-order valence-corrected chi connectivity index (χ1v) is 12.1. The minimum atomic E-state index is -0.557. The molecule has 0 saturated carbocycles. The average molecular weight is 494 g/mol. The third-order valence-corrected chi connectivity index (χ3v) is 6.02. The summed E-state index contributed by atoms with van der Waals surface area (Å²) < 4.78 is 5.40. The fourth-order valence-electron chi connectivity index (χ4n) is 3.50. The molecular formula is C25H27N5O4S. The van der Waals surface area contributed by atoms with Crippen molar-refractivity contribution in [2.24, 2.45) is 0 Å². The molecule has 3 heterocycles. The Kier molecular flexibility index (Phi) is 7.11. The van der Waals surface area contributed by atoms with Crippen molar-refractivity contribution >= 4 is 34.4 Å². The first-order valence-electron chi connectivity index (χ1n) is 11.3. The zero-order valence-corrected chi connectivity index (χ0v) is 20.7. The quantitative estimate of drug-likeness (QED) is 0.586. The van der Waals surface area contributed by atoms with Crippen LogP contribution in [0.15, 0.2) is 54.0 Å². The van der Waals surface area contributed by atoms with Crippen LogP contribution in [0.4, 0.5) is 9.93 Å². The summed E-state index contributed by atoms with van der Waals surface area (Å²) in [7, 11) is 0. The van der Waals surface area contributed by atoms with Gasteiger partial charge in [-0.25, -0.2) is 9.78 Å². The molecule has 1 aliphatic rings. The summed E-state index contributed by atoms with van der Waals surface area (Å²) in [6.45, 7) is 7.14. The molecule has 4 rings (SSSR count). The van der Waals surface area contributed by atoms with E-state index in [9.17, 15) is 14.4 Å². The molecule has 0 radical (unpaired) electrons. The summed E-state index contributed by atoms with van der Waals surface area (Å²) in [6.07, 6.45) is 1.32. The molecule has 1 fully saturated rings. The number of hydrogen-bond donors (Lipinski definition) is 1. The molecule has 9 nitrogen and oxygen atoms in total. The Morgan fingerprint density at radius 3 is 2.20 bits per heavy atom. The number of anilines is 1. The third kappa shape index (κ3) is 6.21. The molecule has 2 aromatic heterocycles. The van der Waals surface area contributed by atoms with E-state index in [1.54, 1.807) is 40.3 Å². The van der Waals surface area contributed by atoms with Gasteiger partial charge in [0.2, 0.25) is 0 Å². The van der Waals surface area contributed by atoms with Crippen molar-refractivity contribution in [3.63, 3.8) is 0 Å². The number of amides is 3. The Labute approximate surface area is 207 Å². The maximum Gasteiger partial charge on any atom is 0.410 e. The molecule has 0 unspecified atom stereocenters. The Balaban J connectivity index is 1.32. The summed E-state index contributed by atoms with van der Waals surface area (Å²) in [4.78, 5) is 49.7. The molecule has 0 aliphatic carbocycles. The molecule has 0 atom stereocenters. The van der Waals surface area contributed by atoms with Crippen LogP contribution in [-0.2, 0) is 4.74 Å². The Morgan fingerprint density at radius 2 is 1.57 bits per heavy atom. The first-order chi connectivity index (χ1) is 16.7. The average Bonchev–Trinajstić information content (AvgIpc) is 3.32. The van der Waals surface area contributed by atoms with Crippen LogP contribution in [0.25, 0.3) is 11.4 Å². The van der Waals surface area contributed by atoms with Crippen molar-refractivity contribution in [3.05, 3.63) is 65.2 Å². The molecule has 35 heavy (non-hydrogen) atoms. The topological polar surface area (TPSA) is 105 Å². The van der Waals surface area contributed by atoms with Gasteiger partial charge in [0.25, 0.3) is 11.8 Å². The second-order valence-corrected chi connectivity index (χ2v) is 9.90. The monoisotopic (exact) mass is 493 g/mol. The molecule has 1 saturated heterocycles. The van der Waals surface area contributed by atoms with E-state index in [2.05, 4.69) is 15.3 Å². The van der Waals surface area contributed by atoms with E-state index in [1.165, 1.54) is 11.3 Å². The van der Waals surface area contributed by atoms with E-state index in [0.717, 1.165) is 5.69 Å². The number of nitrogens with one attached hydrogen (secondary N) is 1. The van der Waals surface area contributed by atoms with Crippen LogP contribution in [0.2, 0.25) is 0 Å². The highest BCUT2D eigenvalue weighted by Crippen LogP contribution is 2.23. The minimum absolute atomic E-state index is 0.138. The highest BCUT2D eigenvalue weighted by atomic mass is 32.1. The van der Waals surface area contributed by atoms with Crippen LogP contribution in [-0.4, -0.2) is 69.5 Å². The van der Waals surface area contributed by atoms with Crippen molar-refractivity contribution in [1.29, 1.82) is 0 Å². The van der Waals surface area contributed by atoms with Gasteiger partial charge in [0.05, 0.1) is 5.69 Å². The number of rotatable bonds is 4. The van der Waals surface area contributed by atoms with Crippen LogP contribution in [0.1, 0.15) is 41.5 Å². The summed E-state index contributed by atoms with van der Waals surface area (Å²) in [5.41, 5.74) is 1.78. The number of hydrogen-bond acceptors (Lipinski definition) is 7. The van der Waals surface area contributed by atoms with Gasteiger partial charge < -0.3 is 14.5 Å². The molecule has 3 amide bonds. The highest BCUT2D eigenvalue weighted by molar-refractivity contribution is 7.14. The summed E-state index contributed by atoms with van der Waals surface area (Å²) >= 11 is 1.32. The fraction of sp³-hybridized carbons (Fsp3) is 0.320. The second kappa shape index (κ2) is 10.2. The van der Waals surface area contributed by atoms with E-state index in [-0.39, 0.29) is 17.9 Å². The Hall–Kier alpha value is -3.79. The molecule has 182 valence electrons. The standard InChI is InChI=1S/C25H27N5O4S/c1-25(2,3)34-24(33)30-14-12-29(13-15-30)22(32)18-9-7-17(8-10-18)21(31)28-23-27-20(16-35-23)19-6-4-5-11-26-19/h4-11,16H,12-15H2,1-3H3,(H,27,28,31). The summed E-state index contributed by atoms with van der Waals surface area (Å²) in [5, 5.41) is 5.09. The van der Waals surface area contributed by atoms with Crippen molar-refractivity contribution in [3.8, 4) is 11.4 Å². The molecule has 1 aliphatic heterocycles. The van der Waals surface area contributed by atoms with Gasteiger partial charge in [-0.3, -0.25) is 19.9 Å². The lowest BCUT2D eigenvalue weighted by atomic mass is 10.1. The first kappa shape index (κ1) is 24.3. The van der Waals surface area contributed by atoms with Gasteiger partial charge in [-0.05, 0) is 57.2 Å². The van der Waals surface area contributed by atoms with Crippen molar-refractivity contribution in [2.45, 2.75) is 26.4 Å². The molecular weight excluding hydrogens is 466 g/mol. The third-order valence-electron chi connectivity index (χ3n) is 5.26. The van der Waals surface area contributed by atoms with Gasteiger partial charge in [-0.2, -0.15) is 0 Å². The molecule has 0 bridgehead atoms. The van der Waals surface area contributed by atoms with Crippen LogP contribution >= 0.6 is 11.3 Å². The minimum Gasteiger partial charge on any atom is -0.444 e. The lowest BCUT2D eigenvalue weighted by molar-refractivity contribution is 0.0141. The van der Waals surface area contributed by atoms with Crippen LogP contribution in [0.3, 0.4) is 0 Å². The maximum atomic E-state index is 12.9. The fourth-order valence-corrected chi connectivity index (χ4v) is 4.20. The van der Waals surface area contributed by atoms with E-state index in [1.807, 2.05) is 44.4 Å². The van der Waals surface area contributed by atoms with Gasteiger partial charge in [0.15, 0.2) is 5.13 Å². The maximum absolute atomic E-state index is 12.9. The zero-order chi connectivity index (χ0) is 25.0. The van der Waals surface area contributed by atoms with Gasteiger partial charge in [0, 0.05) is 48.9 Å². The van der Waals surface area contributed by atoms with Crippen molar-refractivity contribution in [1.82, 2.24) is 19.8 Å². The molecule has 0 spiro atoms.